The fourth-order valence-corrected chi connectivity index (χ4v) is 4.89. The standard InChI is InChI=1S/C26H25N3O5S/c1-4-34-23(31)21-19(17-8-6-5-7-9-17)15-35-22(21)27-20(30)14-29-24(32)26(3,28-25(29)33)18-12-10-16(2)11-13-18/h5-13,15H,4,14H2,1-3H3,(H,27,30)(H,28,33)/t26-/m1/s1. The quantitative estimate of drug-likeness (QED) is 0.379. The van der Waals surface area contributed by atoms with Gasteiger partial charge >= 0.3 is 12.0 Å². The van der Waals surface area contributed by atoms with Crippen LogP contribution in [0.5, 0.6) is 0 Å². The fraction of sp³-hybridized carbons (Fsp3) is 0.231. The lowest BCUT2D eigenvalue weighted by Crippen LogP contribution is -2.42. The molecule has 4 rings (SSSR count). The molecule has 35 heavy (non-hydrogen) atoms. The Kier molecular flexibility index (Phi) is 6.70. The minimum absolute atomic E-state index is 0.177. The summed E-state index contributed by atoms with van der Waals surface area (Å²) in [6.07, 6.45) is 0. The van der Waals surface area contributed by atoms with Gasteiger partial charge in [-0.05, 0) is 31.9 Å². The number of thiophene rings is 1. The van der Waals surface area contributed by atoms with Gasteiger partial charge in [0.05, 0.1) is 6.61 Å². The van der Waals surface area contributed by atoms with Crippen LogP contribution in [0.4, 0.5) is 9.80 Å². The lowest BCUT2D eigenvalue weighted by atomic mass is 9.91. The van der Waals surface area contributed by atoms with Gasteiger partial charge in [-0.25, -0.2) is 9.59 Å². The van der Waals surface area contributed by atoms with E-state index in [9.17, 15) is 19.2 Å². The molecule has 2 N–H and O–H groups in total. The number of carbonyl (C=O) groups is 4. The van der Waals surface area contributed by atoms with Crippen LogP contribution in [0.15, 0.2) is 60.0 Å². The van der Waals surface area contributed by atoms with Crippen molar-refractivity contribution in [3.05, 3.63) is 76.7 Å². The van der Waals surface area contributed by atoms with Crippen LogP contribution in [0.1, 0.15) is 35.3 Å². The zero-order valence-corrected chi connectivity index (χ0v) is 20.4. The summed E-state index contributed by atoms with van der Waals surface area (Å²) < 4.78 is 5.21. The predicted octanol–water partition coefficient (Wildman–Crippen LogP) is 4.31. The smallest absolute Gasteiger partial charge is 0.341 e. The van der Waals surface area contributed by atoms with Gasteiger partial charge in [0.1, 0.15) is 22.6 Å². The summed E-state index contributed by atoms with van der Waals surface area (Å²) in [6, 6.07) is 15.9. The number of anilines is 1. The molecule has 1 atom stereocenters. The number of nitrogens with one attached hydrogen (secondary N) is 2. The first kappa shape index (κ1) is 24.2. The van der Waals surface area contributed by atoms with Crippen LogP contribution in [0.25, 0.3) is 11.1 Å². The van der Waals surface area contributed by atoms with Gasteiger partial charge in [0.25, 0.3) is 5.91 Å². The van der Waals surface area contributed by atoms with E-state index in [2.05, 4.69) is 10.6 Å². The number of nitrogens with zero attached hydrogens (tertiary/aromatic N) is 1. The number of carbonyl (C=O) groups excluding carboxylic acids is 4. The second-order valence-electron chi connectivity index (χ2n) is 8.30. The van der Waals surface area contributed by atoms with Crippen molar-refractivity contribution >= 4 is 40.2 Å². The Hall–Kier alpha value is -3.98. The van der Waals surface area contributed by atoms with E-state index in [4.69, 9.17) is 4.74 Å². The molecule has 1 aliphatic rings. The van der Waals surface area contributed by atoms with Crippen LogP contribution >= 0.6 is 11.3 Å². The van der Waals surface area contributed by atoms with Gasteiger partial charge in [-0.2, -0.15) is 0 Å². The first-order chi connectivity index (χ1) is 16.7. The highest BCUT2D eigenvalue weighted by Crippen LogP contribution is 2.36. The predicted molar refractivity (Wildman–Crippen MR) is 133 cm³/mol. The highest BCUT2D eigenvalue weighted by Gasteiger charge is 2.49. The van der Waals surface area contributed by atoms with Crippen molar-refractivity contribution in [1.29, 1.82) is 0 Å². The molecular weight excluding hydrogens is 466 g/mol. The molecule has 8 nitrogen and oxygen atoms in total. The number of hydrogen-bond donors (Lipinski definition) is 2. The van der Waals surface area contributed by atoms with E-state index in [0.717, 1.165) is 16.0 Å². The number of benzene rings is 2. The monoisotopic (exact) mass is 491 g/mol. The van der Waals surface area contributed by atoms with Crippen LogP contribution in [-0.2, 0) is 19.9 Å². The Labute approximate surface area is 206 Å². The maximum atomic E-state index is 13.2. The summed E-state index contributed by atoms with van der Waals surface area (Å²) in [6.45, 7) is 4.92. The molecule has 1 aliphatic heterocycles. The van der Waals surface area contributed by atoms with Gasteiger partial charge in [0.15, 0.2) is 0 Å². The first-order valence-electron chi connectivity index (χ1n) is 11.1. The maximum Gasteiger partial charge on any atom is 0.341 e. The van der Waals surface area contributed by atoms with Gasteiger partial charge in [0, 0.05) is 10.9 Å². The van der Waals surface area contributed by atoms with Crippen LogP contribution in [0, 0.1) is 6.92 Å². The van der Waals surface area contributed by atoms with E-state index in [-0.39, 0.29) is 12.2 Å². The van der Waals surface area contributed by atoms with Gasteiger partial charge in [-0.3, -0.25) is 14.5 Å². The first-order valence-corrected chi connectivity index (χ1v) is 12.0. The molecule has 2 aromatic carbocycles. The largest absolute Gasteiger partial charge is 0.462 e. The number of rotatable bonds is 7. The van der Waals surface area contributed by atoms with E-state index in [0.29, 0.717) is 16.1 Å². The summed E-state index contributed by atoms with van der Waals surface area (Å²) in [5, 5.41) is 7.44. The van der Waals surface area contributed by atoms with Gasteiger partial charge < -0.3 is 15.4 Å². The zero-order chi connectivity index (χ0) is 25.2. The van der Waals surface area contributed by atoms with Crippen LogP contribution in [0.2, 0.25) is 0 Å². The average Bonchev–Trinajstić information content (AvgIpc) is 3.35. The van der Waals surface area contributed by atoms with Crippen LogP contribution < -0.4 is 10.6 Å². The van der Waals surface area contributed by atoms with Gasteiger partial charge in [0.2, 0.25) is 5.91 Å². The summed E-state index contributed by atoms with van der Waals surface area (Å²) in [4.78, 5) is 52.3. The Balaban J connectivity index is 1.55. The Morgan fingerprint density at radius 1 is 1.09 bits per heavy atom. The minimum atomic E-state index is -1.27. The third-order valence-corrected chi connectivity index (χ3v) is 6.71. The average molecular weight is 492 g/mol. The minimum Gasteiger partial charge on any atom is -0.462 e. The molecule has 0 radical (unpaired) electrons. The summed E-state index contributed by atoms with van der Waals surface area (Å²) in [5.41, 5.74) is 2.04. The topological polar surface area (TPSA) is 105 Å². The highest BCUT2D eigenvalue weighted by molar-refractivity contribution is 7.15. The molecule has 1 saturated heterocycles. The van der Waals surface area contributed by atoms with Gasteiger partial charge in [-0.15, -0.1) is 11.3 Å². The SMILES string of the molecule is CCOC(=O)c1c(-c2ccccc2)csc1NC(=O)CN1C(=O)N[C@](C)(c2ccc(C)cc2)C1=O. The van der Waals surface area contributed by atoms with Crippen LogP contribution in [-0.4, -0.2) is 41.9 Å². The number of aryl methyl sites for hydroxylation is 1. The van der Waals surface area contributed by atoms with Crippen molar-refractivity contribution in [3.8, 4) is 11.1 Å². The van der Waals surface area contributed by atoms with Crippen LogP contribution in [0.3, 0.4) is 0 Å². The Morgan fingerprint density at radius 3 is 2.43 bits per heavy atom. The number of hydrogen-bond acceptors (Lipinski definition) is 6. The Morgan fingerprint density at radius 2 is 1.77 bits per heavy atom. The molecule has 1 aromatic heterocycles. The van der Waals surface area contributed by atoms with Crippen molar-refractivity contribution in [2.24, 2.45) is 0 Å². The zero-order valence-electron chi connectivity index (χ0n) is 19.6. The van der Waals surface area contributed by atoms with E-state index in [1.165, 1.54) is 11.3 Å². The number of amides is 4. The Bertz CT molecular complexity index is 1290. The molecule has 0 spiro atoms. The summed E-state index contributed by atoms with van der Waals surface area (Å²) >= 11 is 1.17. The molecule has 0 bridgehead atoms. The van der Waals surface area contributed by atoms with Crippen molar-refractivity contribution in [2.45, 2.75) is 26.3 Å². The maximum absolute atomic E-state index is 13.2. The molecule has 9 heteroatoms. The fourth-order valence-electron chi connectivity index (χ4n) is 3.92. The van der Waals surface area contributed by atoms with E-state index >= 15 is 0 Å². The van der Waals surface area contributed by atoms with E-state index in [1.807, 2.05) is 49.4 Å². The lowest BCUT2D eigenvalue weighted by Gasteiger charge is -2.22. The van der Waals surface area contributed by atoms with E-state index < -0.39 is 35.9 Å². The molecule has 2 heterocycles. The molecule has 3 aromatic rings. The molecular formula is C26H25N3O5S. The normalized spacial score (nSPS) is 17.3. The number of urea groups is 1. The summed E-state index contributed by atoms with van der Waals surface area (Å²) in [7, 11) is 0. The molecule has 0 unspecified atom stereocenters. The highest BCUT2D eigenvalue weighted by atomic mass is 32.1. The van der Waals surface area contributed by atoms with Crippen molar-refractivity contribution < 1.29 is 23.9 Å². The summed E-state index contributed by atoms with van der Waals surface area (Å²) in [5.74, 6) is -1.69. The third kappa shape index (κ3) is 4.67. The number of esters is 1. The molecule has 0 saturated carbocycles. The molecule has 180 valence electrons. The third-order valence-electron chi connectivity index (χ3n) is 5.81. The number of ether oxygens (including phenoxy) is 1. The van der Waals surface area contributed by atoms with Gasteiger partial charge in [-0.1, -0.05) is 60.2 Å². The second-order valence-corrected chi connectivity index (χ2v) is 9.18. The lowest BCUT2D eigenvalue weighted by molar-refractivity contribution is -0.133. The van der Waals surface area contributed by atoms with E-state index in [1.54, 1.807) is 31.4 Å². The van der Waals surface area contributed by atoms with Crippen molar-refractivity contribution in [1.82, 2.24) is 10.2 Å². The number of imide groups is 1. The molecule has 4 amide bonds. The molecule has 0 aliphatic carbocycles. The van der Waals surface area contributed by atoms with Crippen molar-refractivity contribution in [2.75, 3.05) is 18.5 Å². The van der Waals surface area contributed by atoms with Crippen molar-refractivity contribution in [3.63, 3.8) is 0 Å². The molecule has 1 fully saturated rings. The second kappa shape index (κ2) is 9.71.